The molecular weight excluding hydrogens is 196 g/mol. The largest absolute Gasteiger partial charge is 0.314 e. The molecule has 14 heavy (non-hydrogen) atoms. The van der Waals surface area contributed by atoms with Crippen LogP contribution in [-0.4, -0.2) is 12.9 Å². The summed E-state index contributed by atoms with van der Waals surface area (Å²) in [5.74, 6) is 0.0976. The van der Waals surface area contributed by atoms with Crippen LogP contribution in [0.25, 0.3) is 0 Å². The third-order valence-corrected chi connectivity index (χ3v) is 3.11. The molecule has 0 saturated carbocycles. The molecule has 0 spiro atoms. The van der Waals surface area contributed by atoms with Gasteiger partial charge in [-0.15, -0.1) is 0 Å². The van der Waals surface area contributed by atoms with E-state index in [9.17, 15) is 4.79 Å². The van der Waals surface area contributed by atoms with Crippen molar-refractivity contribution in [2.75, 3.05) is 7.11 Å². The number of hydrogen-bond donors (Lipinski definition) is 0. The molecule has 0 aliphatic rings. The van der Waals surface area contributed by atoms with Crippen molar-refractivity contribution in [2.45, 2.75) is 25.7 Å². The lowest BCUT2D eigenvalue weighted by atomic mass is 10.0. The van der Waals surface area contributed by atoms with Crippen LogP contribution in [0.2, 0.25) is 0 Å². The Labute approximate surface area is 88.9 Å². The van der Waals surface area contributed by atoms with Gasteiger partial charge in [-0.3, -0.25) is 4.79 Å². The molecule has 0 amide bonds. The Kier molecular flexibility index (Phi) is 3.72. The summed E-state index contributed by atoms with van der Waals surface area (Å²) >= 11 is 1.31. The average molecular weight is 210 g/mol. The summed E-state index contributed by atoms with van der Waals surface area (Å²) in [6.07, 6.45) is 0. The van der Waals surface area contributed by atoms with Crippen LogP contribution in [-0.2, 0) is 4.18 Å². The van der Waals surface area contributed by atoms with E-state index in [0.29, 0.717) is 0 Å². The van der Waals surface area contributed by atoms with E-state index in [1.54, 1.807) is 14.0 Å². The van der Waals surface area contributed by atoms with Crippen molar-refractivity contribution in [1.29, 1.82) is 0 Å². The highest BCUT2D eigenvalue weighted by Crippen LogP contribution is 2.28. The molecule has 0 saturated heterocycles. The molecule has 0 unspecified atom stereocenters. The minimum Gasteiger partial charge on any atom is -0.314 e. The summed E-state index contributed by atoms with van der Waals surface area (Å²) in [5.41, 5.74) is 2.92. The smallest absolute Gasteiger partial charge is 0.160 e. The molecule has 1 aromatic carbocycles. The number of aryl methyl sites for hydroxylation is 1. The second kappa shape index (κ2) is 4.62. The minimum atomic E-state index is 0.0976. The van der Waals surface area contributed by atoms with E-state index in [1.165, 1.54) is 12.0 Å². The van der Waals surface area contributed by atoms with Crippen molar-refractivity contribution in [1.82, 2.24) is 0 Å². The standard InChI is InChI=1S/C11H14O2S/c1-7-5-6-10(9(3)12)8(2)11(7)14-13-4/h5-6H,1-4H3. The Hall–Kier alpha value is -0.800. The van der Waals surface area contributed by atoms with Gasteiger partial charge in [0.2, 0.25) is 0 Å². The number of hydrogen-bond acceptors (Lipinski definition) is 3. The van der Waals surface area contributed by atoms with E-state index in [4.69, 9.17) is 4.18 Å². The molecular formula is C11H14O2S. The Bertz CT molecular complexity index is 359. The van der Waals surface area contributed by atoms with Gasteiger partial charge in [0.1, 0.15) is 0 Å². The van der Waals surface area contributed by atoms with Gasteiger partial charge in [-0.05, 0) is 31.9 Å². The van der Waals surface area contributed by atoms with E-state index in [-0.39, 0.29) is 5.78 Å². The maximum Gasteiger partial charge on any atom is 0.160 e. The number of benzene rings is 1. The lowest BCUT2D eigenvalue weighted by Gasteiger charge is -2.10. The van der Waals surface area contributed by atoms with Gasteiger partial charge in [-0.25, -0.2) is 0 Å². The van der Waals surface area contributed by atoms with E-state index < -0.39 is 0 Å². The number of Topliss-reactive ketones (excluding diaryl/α,β-unsaturated/α-hetero) is 1. The third-order valence-electron chi connectivity index (χ3n) is 2.15. The molecule has 0 aliphatic carbocycles. The highest BCUT2D eigenvalue weighted by atomic mass is 32.2. The first-order valence-electron chi connectivity index (χ1n) is 4.39. The van der Waals surface area contributed by atoms with Gasteiger partial charge >= 0.3 is 0 Å². The molecule has 1 rings (SSSR count). The van der Waals surface area contributed by atoms with Crippen LogP contribution in [0.1, 0.15) is 28.4 Å². The zero-order chi connectivity index (χ0) is 10.7. The van der Waals surface area contributed by atoms with Crippen molar-refractivity contribution in [3.8, 4) is 0 Å². The van der Waals surface area contributed by atoms with Crippen molar-refractivity contribution in [3.63, 3.8) is 0 Å². The molecule has 2 nitrogen and oxygen atoms in total. The van der Waals surface area contributed by atoms with Crippen LogP contribution in [0.15, 0.2) is 17.0 Å². The maximum atomic E-state index is 11.3. The molecule has 76 valence electrons. The van der Waals surface area contributed by atoms with Gasteiger partial charge in [0.05, 0.1) is 7.11 Å². The number of rotatable bonds is 3. The molecule has 0 radical (unpaired) electrons. The third kappa shape index (κ3) is 2.16. The van der Waals surface area contributed by atoms with E-state index in [0.717, 1.165) is 21.6 Å². The Morgan fingerprint density at radius 1 is 1.36 bits per heavy atom. The molecule has 0 fully saturated rings. The van der Waals surface area contributed by atoms with E-state index >= 15 is 0 Å². The van der Waals surface area contributed by atoms with Crippen molar-refractivity contribution in [2.24, 2.45) is 0 Å². The van der Waals surface area contributed by atoms with E-state index in [2.05, 4.69) is 0 Å². The summed E-state index contributed by atoms with van der Waals surface area (Å²) in [5, 5.41) is 0. The lowest BCUT2D eigenvalue weighted by Crippen LogP contribution is -1.99. The van der Waals surface area contributed by atoms with Crippen molar-refractivity contribution in [3.05, 3.63) is 28.8 Å². The monoisotopic (exact) mass is 210 g/mol. The summed E-state index contributed by atoms with van der Waals surface area (Å²) < 4.78 is 5.03. The lowest BCUT2D eigenvalue weighted by molar-refractivity contribution is 0.101. The molecule has 0 bridgehead atoms. The fraction of sp³-hybridized carbons (Fsp3) is 0.364. The molecule has 0 heterocycles. The van der Waals surface area contributed by atoms with Crippen LogP contribution in [0, 0.1) is 13.8 Å². The van der Waals surface area contributed by atoms with Crippen LogP contribution < -0.4 is 0 Å². The summed E-state index contributed by atoms with van der Waals surface area (Å²) in [7, 11) is 1.63. The van der Waals surface area contributed by atoms with Crippen molar-refractivity contribution >= 4 is 17.8 Å². The Balaban J connectivity index is 3.26. The van der Waals surface area contributed by atoms with Gasteiger partial charge in [0, 0.05) is 22.5 Å². The molecule has 0 aromatic heterocycles. The number of carbonyl (C=O) groups excluding carboxylic acids is 1. The predicted molar refractivity (Wildman–Crippen MR) is 58.8 cm³/mol. The summed E-state index contributed by atoms with van der Waals surface area (Å²) in [6.45, 7) is 5.54. The molecule has 0 aliphatic heterocycles. The van der Waals surface area contributed by atoms with Crippen LogP contribution in [0.5, 0.6) is 0 Å². The van der Waals surface area contributed by atoms with Gasteiger partial charge in [0.25, 0.3) is 0 Å². The van der Waals surface area contributed by atoms with E-state index in [1.807, 2.05) is 26.0 Å². The quantitative estimate of drug-likeness (QED) is 0.566. The van der Waals surface area contributed by atoms with Gasteiger partial charge in [-0.1, -0.05) is 12.1 Å². The zero-order valence-corrected chi connectivity index (χ0v) is 9.70. The molecule has 1 aromatic rings. The highest BCUT2D eigenvalue weighted by molar-refractivity contribution is 7.94. The van der Waals surface area contributed by atoms with Gasteiger partial charge < -0.3 is 4.18 Å². The minimum absolute atomic E-state index is 0.0976. The van der Waals surface area contributed by atoms with Crippen LogP contribution in [0.3, 0.4) is 0 Å². The van der Waals surface area contributed by atoms with Gasteiger partial charge in [0.15, 0.2) is 5.78 Å². The highest BCUT2D eigenvalue weighted by Gasteiger charge is 2.10. The average Bonchev–Trinajstić information content (AvgIpc) is 2.11. The molecule has 3 heteroatoms. The zero-order valence-electron chi connectivity index (χ0n) is 8.88. The first-order chi connectivity index (χ1) is 6.57. The van der Waals surface area contributed by atoms with Crippen LogP contribution >= 0.6 is 12.0 Å². The Morgan fingerprint density at radius 3 is 2.50 bits per heavy atom. The second-order valence-electron chi connectivity index (χ2n) is 3.19. The summed E-state index contributed by atoms with van der Waals surface area (Å²) in [4.78, 5) is 12.3. The predicted octanol–water partition coefficient (Wildman–Crippen LogP) is 3.16. The Morgan fingerprint density at radius 2 is 2.00 bits per heavy atom. The SMILES string of the molecule is COSc1c(C)ccc(C(C)=O)c1C. The topological polar surface area (TPSA) is 26.3 Å². The second-order valence-corrected chi connectivity index (χ2v) is 4.10. The number of carbonyl (C=O) groups is 1. The van der Waals surface area contributed by atoms with Gasteiger partial charge in [-0.2, -0.15) is 0 Å². The fourth-order valence-electron chi connectivity index (χ4n) is 1.42. The van der Waals surface area contributed by atoms with Crippen molar-refractivity contribution < 1.29 is 8.98 Å². The van der Waals surface area contributed by atoms with Crippen LogP contribution in [0.4, 0.5) is 0 Å². The molecule has 0 N–H and O–H groups in total. The number of ketones is 1. The first-order valence-corrected chi connectivity index (χ1v) is 5.14. The summed E-state index contributed by atoms with van der Waals surface area (Å²) in [6, 6.07) is 3.82. The normalized spacial score (nSPS) is 10.3. The maximum absolute atomic E-state index is 11.3. The fourth-order valence-corrected chi connectivity index (χ4v) is 2.02. The first kappa shape index (κ1) is 11.3. The molecule has 0 atom stereocenters.